The summed E-state index contributed by atoms with van der Waals surface area (Å²) in [5.74, 6) is 1.47. The van der Waals surface area contributed by atoms with Gasteiger partial charge >= 0.3 is 0 Å². The first-order chi connectivity index (χ1) is 10.8. The van der Waals surface area contributed by atoms with Crippen LogP contribution in [-0.4, -0.2) is 32.3 Å². The van der Waals surface area contributed by atoms with Crippen molar-refractivity contribution in [1.82, 2.24) is 25.4 Å². The predicted octanol–water partition coefficient (Wildman–Crippen LogP) is 1.81. The van der Waals surface area contributed by atoms with Gasteiger partial charge in [-0.2, -0.15) is 16.7 Å². The SMILES string of the molecule is CSCc1noc(CNC(=O)c2ccc3nccnc3c2)n1. The molecule has 0 unspecified atom stereocenters. The minimum Gasteiger partial charge on any atom is -0.343 e. The first-order valence-electron chi connectivity index (χ1n) is 6.55. The number of nitrogens with zero attached hydrogens (tertiary/aromatic N) is 4. The predicted molar refractivity (Wildman–Crippen MR) is 82.2 cm³/mol. The Balaban J connectivity index is 1.67. The van der Waals surface area contributed by atoms with Crippen molar-refractivity contribution in [3.63, 3.8) is 0 Å². The summed E-state index contributed by atoms with van der Waals surface area (Å²) >= 11 is 1.61. The van der Waals surface area contributed by atoms with Crippen molar-refractivity contribution in [3.05, 3.63) is 47.9 Å². The van der Waals surface area contributed by atoms with Crippen LogP contribution in [0.5, 0.6) is 0 Å². The normalized spacial score (nSPS) is 10.8. The summed E-state index contributed by atoms with van der Waals surface area (Å²) in [6.45, 7) is 0.193. The highest BCUT2D eigenvalue weighted by Crippen LogP contribution is 2.11. The molecule has 22 heavy (non-hydrogen) atoms. The standard InChI is InChI=1S/C14H13N5O2S/c1-22-8-12-18-13(21-19-12)7-17-14(20)9-2-3-10-11(6-9)16-5-4-15-10/h2-6H,7-8H2,1H3,(H,17,20). The maximum atomic E-state index is 12.1. The van der Waals surface area contributed by atoms with Crippen molar-refractivity contribution >= 4 is 28.7 Å². The fourth-order valence-electron chi connectivity index (χ4n) is 1.91. The molecule has 0 aliphatic heterocycles. The fraction of sp³-hybridized carbons (Fsp3) is 0.214. The molecule has 3 rings (SSSR count). The van der Waals surface area contributed by atoms with Crippen LogP contribution in [-0.2, 0) is 12.3 Å². The Bertz CT molecular complexity index is 805. The first-order valence-corrected chi connectivity index (χ1v) is 7.95. The van der Waals surface area contributed by atoms with Crippen molar-refractivity contribution in [2.75, 3.05) is 6.26 Å². The Morgan fingerprint density at radius 3 is 2.91 bits per heavy atom. The lowest BCUT2D eigenvalue weighted by atomic mass is 10.2. The minimum atomic E-state index is -0.225. The average Bonchev–Trinajstić information content (AvgIpc) is 3.00. The van der Waals surface area contributed by atoms with E-state index >= 15 is 0 Å². The van der Waals surface area contributed by atoms with E-state index in [0.717, 1.165) is 5.52 Å². The third kappa shape index (κ3) is 3.22. The van der Waals surface area contributed by atoms with Crippen LogP contribution in [0.2, 0.25) is 0 Å². The molecule has 8 heteroatoms. The molecule has 1 N–H and O–H groups in total. The molecule has 112 valence electrons. The Morgan fingerprint density at radius 2 is 2.09 bits per heavy atom. The van der Waals surface area contributed by atoms with Crippen molar-refractivity contribution in [2.24, 2.45) is 0 Å². The van der Waals surface area contributed by atoms with Crippen molar-refractivity contribution in [2.45, 2.75) is 12.3 Å². The highest BCUT2D eigenvalue weighted by atomic mass is 32.2. The lowest BCUT2D eigenvalue weighted by Crippen LogP contribution is -2.23. The number of fused-ring (bicyclic) bond motifs is 1. The molecular formula is C14H13N5O2S. The number of carbonyl (C=O) groups is 1. The number of nitrogens with one attached hydrogen (secondary N) is 1. The molecule has 7 nitrogen and oxygen atoms in total. The second-order valence-electron chi connectivity index (χ2n) is 4.48. The molecule has 0 atom stereocenters. The molecule has 0 aliphatic carbocycles. The highest BCUT2D eigenvalue weighted by molar-refractivity contribution is 7.97. The second kappa shape index (κ2) is 6.52. The Hall–Kier alpha value is -2.48. The summed E-state index contributed by atoms with van der Waals surface area (Å²) in [5.41, 5.74) is 1.93. The van der Waals surface area contributed by atoms with Gasteiger partial charge < -0.3 is 9.84 Å². The van der Waals surface area contributed by atoms with Crippen LogP contribution in [0.3, 0.4) is 0 Å². The monoisotopic (exact) mass is 315 g/mol. The average molecular weight is 315 g/mol. The molecule has 1 amide bonds. The van der Waals surface area contributed by atoms with Gasteiger partial charge in [-0.3, -0.25) is 14.8 Å². The lowest BCUT2D eigenvalue weighted by Gasteiger charge is -2.03. The Morgan fingerprint density at radius 1 is 1.27 bits per heavy atom. The van der Waals surface area contributed by atoms with E-state index in [-0.39, 0.29) is 12.5 Å². The van der Waals surface area contributed by atoms with E-state index in [1.165, 1.54) is 0 Å². The number of rotatable bonds is 5. The van der Waals surface area contributed by atoms with Crippen LogP contribution >= 0.6 is 11.8 Å². The molecule has 2 heterocycles. The van der Waals surface area contributed by atoms with Gasteiger partial charge in [0.15, 0.2) is 5.82 Å². The molecule has 0 spiro atoms. The maximum Gasteiger partial charge on any atom is 0.251 e. The van der Waals surface area contributed by atoms with Gasteiger partial charge in [-0.05, 0) is 24.5 Å². The zero-order valence-electron chi connectivity index (χ0n) is 11.8. The van der Waals surface area contributed by atoms with Crippen LogP contribution in [0.15, 0.2) is 35.1 Å². The van der Waals surface area contributed by atoms with Crippen LogP contribution in [0.1, 0.15) is 22.1 Å². The zero-order valence-corrected chi connectivity index (χ0v) is 12.6. The summed E-state index contributed by atoms with van der Waals surface area (Å²) < 4.78 is 5.06. The van der Waals surface area contributed by atoms with Gasteiger partial charge in [-0.1, -0.05) is 5.16 Å². The van der Waals surface area contributed by atoms with E-state index in [4.69, 9.17) is 4.52 Å². The number of hydrogen-bond acceptors (Lipinski definition) is 7. The van der Waals surface area contributed by atoms with Crippen molar-refractivity contribution in [1.29, 1.82) is 0 Å². The summed E-state index contributed by atoms with van der Waals surface area (Å²) in [6.07, 6.45) is 5.17. The molecule has 0 fully saturated rings. The number of hydrogen-bond donors (Lipinski definition) is 1. The minimum absolute atomic E-state index is 0.193. The van der Waals surface area contributed by atoms with Crippen LogP contribution in [0, 0.1) is 0 Å². The maximum absolute atomic E-state index is 12.1. The number of amides is 1. The van der Waals surface area contributed by atoms with Gasteiger partial charge in [0.2, 0.25) is 5.89 Å². The molecule has 0 radical (unpaired) electrons. The van der Waals surface area contributed by atoms with Gasteiger partial charge in [0.1, 0.15) is 0 Å². The topological polar surface area (TPSA) is 93.8 Å². The van der Waals surface area contributed by atoms with Crippen molar-refractivity contribution < 1.29 is 9.32 Å². The molecule has 0 aliphatic rings. The smallest absolute Gasteiger partial charge is 0.251 e. The van der Waals surface area contributed by atoms with Gasteiger partial charge in [0.25, 0.3) is 5.91 Å². The first kappa shape index (κ1) is 14.5. The van der Waals surface area contributed by atoms with Gasteiger partial charge in [-0.25, -0.2) is 0 Å². The third-order valence-electron chi connectivity index (χ3n) is 2.92. The van der Waals surface area contributed by atoms with E-state index in [2.05, 4.69) is 25.4 Å². The number of benzene rings is 1. The molecule has 0 saturated carbocycles. The van der Waals surface area contributed by atoms with E-state index in [1.54, 1.807) is 42.4 Å². The summed E-state index contributed by atoms with van der Waals surface area (Å²) in [4.78, 5) is 24.7. The van der Waals surface area contributed by atoms with Crippen LogP contribution < -0.4 is 5.32 Å². The second-order valence-corrected chi connectivity index (χ2v) is 5.35. The Labute approximate surface area is 130 Å². The molecule has 2 aromatic heterocycles. The summed E-state index contributed by atoms with van der Waals surface area (Å²) in [7, 11) is 0. The van der Waals surface area contributed by atoms with E-state index in [0.29, 0.717) is 28.5 Å². The molecule has 3 aromatic rings. The lowest BCUT2D eigenvalue weighted by molar-refractivity contribution is 0.0946. The highest BCUT2D eigenvalue weighted by Gasteiger charge is 2.10. The Kier molecular flexibility index (Phi) is 4.29. The zero-order chi connectivity index (χ0) is 15.4. The quantitative estimate of drug-likeness (QED) is 0.767. The van der Waals surface area contributed by atoms with E-state index in [9.17, 15) is 4.79 Å². The van der Waals surface area contributed by atoms with Gasteiger partial charge in [0.05, 0.1) is 23.3 Å². The third-order valence-corrected chi connectivity index (χ3v) is 3.46. The number of carbonyl (C=O) groups excluding carboxylic acids is 1. The molecule has 1 aromatic carbocycles. The molecule has 0 bridgehead atoms. The van der Waals surface area contributed by atoms with E-state index < -0.39 is 0 Å². The van der Waals surface area contributed by atoms with E-state index in [1.807, 2.05) is 6.26 Å². The largest absolute Gasteiger partial charge is 0.343 e. The fourth-order valence-corrected chi connectivity index (χ4v) is 2.29. The summed E-state index contributed by atoms with van der Waals surface area (Å²) in [6, 6.07) is 5.17. The van der Waals surface area contributed by atoms with Crippen LogP contribution in [0.4, 0.5) is 0 Å². The van der Waals surface area contributed by atoms with Gasteiger partial charge in [-0.15, -0.1) is 0 Å². The number of aromatic nitrogens is 4. The van der Waals surface area contributed by atoms with Crippen molar-refractivity contribution in [3.8, 4) is 0 Å². The van der Waals surface area contributed by atoms with Crippen LogP contribution in [0.25, 0.3) is 11.0 Å². The van der Waals surface area contributed by atoms with Gasteiger partial charge in [0, 0.05) is 18.0 Å². The molecular weight excluding hydrogens is 302 g/mol. The molecule has 0 saturated heterocycles. The number of thioether (sulfide) groups is 1. The summed E-state index contributed by atoms with van der Waals surface area (Å²) in [5, 5.41) is 6.57.